The molecular formula is C22H25N3O3S3. The van der Waals surface area contributed by atoms with Gasteiger partial charge in [0.2, 0.25) is 5.91 Å². The van der Waals surface area contributed by atoms with Gasteiger partial charge in [0.1, 0.15) is 10.3 Å². The van der Waals surface area contributed by atoms with Crippen molar-refractivity contribution in [1.29, 1.82) is 0 Å². The van der Waals surface area contributed by atoms with E-state index < -0.39 is 16.1 Å². The van der Waals surface area contributed by atoms with Crippen molar-refractivity contribution in [3.05, 3.63) is 52.7 Å². The van der Waals surface area contributed by atoms with E-state index in [4.69, 9.17) is 0 Å². The maximum atomic E-state index is 13.0. The first-order valence-corrected chi connectivity index (χ1v) is 13.5. The number of benzene rings is 1. The van der Waals surface area contributed by atoms with Crippen LogP contribution in [0.25, 0.3) is 11.3 Å². The first-order chi connectivity index (χ1) is 14.9. The third kappa shape index (κ3) is 4.74. The van der Waals surface area contributed by atoms with Crippen molar-refractivity contribution in [3.63, 3.8) is 0 Å². The molecule has 3 heterocycles. The van der Waals surface area contributed by atoms with Crippen LogP contribution in [0.4, 0.5) is 5.13 Å². The highest BCUT2D eigenvalue weighted by Gasteiger charge is 2.38. The Morgan fingerprint density at radius 3 is 2.61 bits per heavy atom. The number of rotatable bonds is 6. The lowest BCUT2D eigenvalue weighted by Gasteiger charge is -2.32. The van der Waals surface area contributed by atoms with Gasteiger partial charge in [0.15, 0.2) is 5.13 Å². The Kier molecular flexibility index (Phi) is 6.57. The van der Waals surface area contributed by atoms with E-state index in [1.54, 1.807) is 17.5 Å². The molecule has 164 valence electrons. The Bertz CT molecular complexity index is 1140. The van der Waals surface area contributed by atoms with Gasteiger partial charge >= 0.3 is 0 Å². The highest BCUT2D eigenvalue weighted by atomic mass is 32.2. The van der Waals surface area contributed by atoms with Gasteiger partial charge in [0.25, 0.3) is 10.0 Å². The van der Waals surface area contributed by atoms with Crippen molar-refractivity contribution >= 4 is 43.7 Å². The second-order valence-corrected chi connectivity index (χ2v) is 11.8. The van der Waals surface area contributed by atoms with Crippen LogP contribution in [0.2, 0.25) is 0 Å². The topological polar surface area (TPSA) is 79.4 Å². The number of aromatic nitrogens is 1. The van der Waals surface area contributed by atoms with E-state index in [0.717, 1.165) is 24.1 Å². The number of piperidine rings is 1. The smallest absolute Gasteiger partial charge is 0.253 e. The largest absolute Gasteiger partial charge is 0.301 e. The average Bonchev–Trinajstić information content (AvgIpc) is 3.47. The Labute approximate surface area is 191 Å². The first-order valence-electron chi connectivity index (χ1n) is 10.3. The number of nitrogens with zero attached hydrogens (tertiary/aromatic N) is 2. The quantitative estimate of drug-likeness (QED) is 0.533. The van der Waals surface area contributed by atoms with E-state index in [1.807, 2.05) is 17.5 Å². The molecule has 1 aromatic carbocycles. The highest BCUT2D eigenvalue weighted by molar-refractivity contribution is 7.91. The minimum absolute atomic E-state index is 0.272. The summed E-state index contributed by atoms with van der Waals surface area (Å²) < 4.78 is 27.7. The van der Waals surface area contributed by atoms with E-state index in [0.29, 0.717) is 24.0 Å². The summed E-state index contributed by atoms with van der Waals surface area (Å²) in [6, 6.07) is 10.8. The molecule has 1 fully saturated rings. The molecular weight excluding hydrogens is 450 g/mol. The van der Waals surface area contributed by atoms with Crippen molar-refractivity contribution in [1.82, 2.24) is 9.29 Å². The number of thiazole rings is 1. The van der Waals surface area contributed by atoms with Gasteiger partial charge < -0.3 is 5.32 Å². The van der Waals surface area contributed by atoms with Gasteiger partial charge in [0.05, 0.1) is 5.69 Å². The average molecular weight is 476 g/mol. The van der Waals surface area contributed by atoms with Crippen LogP contribution in [0.15, 0.2) is 51.4 Å². The van der Waals surface area contributed by atoms with Crippen LogP contribution in [-0.2, 0) is 14.8 Å². The fraction of sp³-hybridized carbons (Fsp3) is 0.364. The van der Waals surface area contributed by atoms with E-state index in [-0.39, 0.29) is 10.1 Å². The molecule has 1 amide bonds. The zero-order valence-corrected chi connectivity index (χ0v) is 19.9. The zero-order chi connectivity index (χ0) is 22.0. The van der Waals surface area contributed by atoms with Gasteiger partial charge in [-0.2, -0.15) is 4.31 Å². The van der Waals surface area contributed by atoms with Crippen molar-refractivity contribution in [2.24, 2.45) is 0 Å². The summed E-state index contributed by atoms with van der Waals surface area (Å²) in [6.45, 7) is 4.65. The molecule has 0 aliphatic carbocycles. The van der Waals surface area contributed by atoms with Crippen molar-refractivity contribution in [2.45, 2.75) is 49.3 Å². The first kappa shape index (κ1) is 22.1. The van der Waals surface area contributed by atoms with Crippen LogP contribution < -0.4 is 5.32 Å². The Morgan fingerprint density at radius 1 is 1.16 bits per heavy atom. The predicted octanol–water partition coefficient (Wildman–Crippen LogP) is 5.18. The summed E-state index contributed by atoms with van der Waals surface area (Å²) in [5.74, 6) is 0.138. The number of hydrogen-bond donors (Lipinski definition) is 1. The molecule has 1 aliphatic rings. The lowest BCUT2D eigenvalue weighted by Crippen LogP contribution is -2.49. The minimum atomic E-state index is -3.68. The fourth-order valence-corrected chi connectivity index (χ4v) is 7.17. The molecule has 1 saturated heterocycles. The summed E-state index contributed by atoms with van der Waals surface area (Å²) in [4.78, 5) is 17.6. The fourth-order valence-electron chi connectivity index (χ4n) is 3.67. The molecule has 3 aromatic rings. The molecule has 31 heavy (non-hydrogen) atoms. The summed E-state index contributed by atoms with van der Waals surface area (Å²) in [7, 11) is -3.68. The third-order valence-corrected chi connectivity index (χ3v) is 9.46. The molecule has 1 aliphatic heterocycles. The Balaban J connectivity index is 1.50. The van der Waals surface area contributed by atoms with E-state index in [1.165, 1.54) is 32.5 Å². The van der Waals surface area contributed by atoms with Gasteiger partial charge in [-0.1, -0.05) is 50.6 Å². The maximum absolute atomic E-state index is 13.0. The van der Waals surface area contributed by atoms with Crippen molar-refractivity contribution < 1.29 is 13.2 Å². The molecule has 0 spiro atoms. The maximum Gasteiger partial charge on any atom is 0.253 e. The van der Waals surface area contributed by atoms with Gasteiger partial charge in [0, 0.05) is 17.5 Å². The Morgan fingerprint density at radius 2 is 1.94 bits per heavy atom. The molecule has 1 N–H and O–H groups in total. The molecule has 0 saturated carbocycles. The molecule has 6 nitrogen and oxygen atoms in total. The number of anilines is 1. The number of hydrogen-bond acceptors (Lipinski definition) is 6. The molecule has 1 unspecified atom stereocenters. The number of carbonyl (C=O) groups excluding carboxylic acids is 1. The van der Waals surface area contributed by atoms with Crippen LogP contribution in [0.5, 0.6) is 0 Å². The normalized spacial score (nSPS) is 17.7. The summed E-state index contributed by atoms with van der Waals surface area (Å²) >= 11 is 2.52. The molecule has 2 aromatic heterocycles. The lowest BCUT2D eigenvalue weighted by molar-refractivity contribution is -0.120. The minimum Gasteiger partial charge on any atom is -0.301 e. The number of carbonyl (C=O) groups is 1. The number of sulfonamides is 1. The molecule has 1 atom stereocenters. The van der Waals surface area contributed by atoms with Crippen LogP contribution in [-0.4, -0.2) is 36.2 Å². The van der Waals surface area contributed by atoms with Gasteiger partial charge in [-0.15, -0.1) is 22.7 Å². The van der Waals surface area contributed by atoms with Gasteiger partial charge in [-0.25, -0.2) is 13.4 Å². The lowest BCUT2D eigenvalue weighted by atomic mass is 10.0. The standard InChI is InChI=1S/C22H25N3O3S3/c1-15(2)16-8-10-17(11-9-16)18-14-30-22(23-18)24-21(26)19-6-3-4-12-25(19)31(27,28)20-7-5-13-29-20/h5,7-11,13-15,19H,3-4,6,12H2,1-2H3,(H,23,24,26). The summed E-state index contributed by atoms with van der Waals surface area (Å²) in [6.07, 6.45) is 2.08. The number of nitrogens with one attached hydrogen (secondary N) is 1. The van der Waals surface area contributed by atoms with Crippen LogP contribution >= 0.6 is 22.7 Å². The third-order valence-electron chi connectivity index (χ3n) is 5.42. The van der Waals surface area contributed by atoms with Gasteiger partial charge in [-0.3, -0.25) is 4.79 Å². The van der Waals surface area contributed by atoms with Gasteiger partial charge in [-0.05, 0) is 35.8 Å². The number of thiophene rings is 1. The molecule has 0 bridgehead atoms. The second kappa shape index (κ2) is 9.20. The Hall–Kier alpha value is -2.07. The van der Waals surface area contributed by atoms with Crippen molar-refractivity contribution in [2.75, 3.05) is 11.9 Å². The van der Waals surface area contributed by atoms with Crippen molar-refractivity contribution in [3.8, 4) is 11.3 Å². The number of amides is 1. The molecule has 4 rings (SSSR count). The van der Waals surface area contributed by atoms with E-state index >= 15 is 0 Å². The summed E-state index contributed by atoms with van der Waals surface area (Å²) in [5.41, 5.74) is 3.04. The SMILES string of the molecule is CC(C)c1ccc(-c2csc(NC(=O)C3CCCCN3S(=O)(=O)c3cccs3)n2)cc1. The van der Waals surface area contributed by atoms with Crippen LogP contribution in [0, 0.1) is 0 Å². The van der Waals surface area contributed by atoms with E-state index in [2.05, 4.69) is 36.3 Å². The predicted molar refractivity (Wildman–Crippen MR) is 126 cm³/mol. The second-order valence-electron chi connectivity index (χ2n) is 7.86. The van der Waals surface area contributed by atoms with E-state index in [9.17, 15) is 13.2 Å². The van der Waals surface area contributed by atoms with Crippen LogP contribution in [0.1, 0.15) is 44.6 Å². The highest BCUT2D eigenvalue weighted by Crippen LogP contribution is 2.30. The molecule has 9 heteroatoms. The summed E-state index contributed by atoms with van der Waals surface area (Å²) in [5, 5.41) is 6.96. The monoisotopic (exact) mass is 475 g/mol. The van der Waals surface area contributed by atoms with Crippen LogP contribution in [0.3, 0.4) is 0 Å². The zero-order valence-electron chi connectivity index (χ0n) is 17.4. The molecule has 0 radical (unpaired) electrons.